The standard InChI is InChI=1S/C16H22N2O4S/c1-16(2,3)22-14(19)12(9-13(17)23)18-15(20)21-10-11-7-5-4-6-8-11/h4-8,12H,9-10H2,1-3H3,(H2,17,23)(H,18,20)/t12-/m0/s1. The van der Waals surface area contributed by atoms with Gasteiger partial charge in [-0.15, -0.1) is 0 Å². The van der Waals surface area contributed by atoms with E-state index in [2.05, 4.69) is 5.32 Å². The van der Waals surface area contributed by atoms with Crippen LogP contribution < -0.4 is 11.1 Å². The summed E-state index contributed by atoms with van der Waals surface area (Å²) in [5, 5.41) is 2.44. The average molecular weight is 338 g/mol. The highest BCUT2D eigenvalue weighted by molar-refractivity contribution is 7.80. The zero-order chi connectivity index (χ0) is 17.5. The molecule has 0 saturated carbocycles. The summed E-state index contributed by atoms with van der Waals surface area (Å²) in [5.41, 5.74) is 5.63. The number of thiocarbonyl (C=S) groups is 1. The van der Waals surface area contributed by atoms with Crippen molar-refractivity contribution in [2.45, 2.75) is 45.4 Å². The molecule has 1 rings (SSSR count). The Kier molecular flexibility index (Phi) is 6.96. The lowest BCUT2D eigenvalue weighted by Crippen LogP contribution is -2.46. The summed E-state index contributed by atoms with van der Waals surface area (Å²) >= 11 is 4.80. The maximum atomic E-state index is 12.1. The van der Waals surface area contributed by atoms with Crippen LogP contribution in [0.3, 0.4) is 0 Å². The van der Waals surface area contributed by atoms with Gasteiger partial charge in [-0.25, -0.2) is 9.59 Å². The molecular weight excluding hydrogens is 316 g/mol. The molecular formula is C16H22N2O4S. The molecule has 6 nitrogen and oxygen atoms in total. The van der Waals surface area contributed by atoms with Gasteiger partial charge in [0.25, 0.3) is 0 Å². The van der Waals surface area contributed by atoms with E-state index in [0.717, 1.165) is 5.56 Å². The fourth-order valence-corrected chi connectivity index (χ4v) is 1.84. The minimum Gasteiger partial charge on any atom is -0.458 e. The average Bonchev–Trinajstić information content (AvgIpc) is 2.43. The molecule has 0 spiro atoms. The monoisotopic (exact) mass is 338 g/mol. The number of alkyl carbamates (subject to hydrolysis) is 1. The second-order valence-corrected chi connectivity index (χ2v) is 6.49. The Bertz CT molecular complexity index is 555. The lowest BCUT2D eigenvalue weighted by molar-refractivity contribution is -0.157. The van der Waals surface area contributed by atoms with Gasteiger partial charge < -0.3 is 20.5 Å². The third-order valence-electron chi connectivity index (χ3n) is 2.60. The highest BCUT2D eigenvalue weighted by Gasteiger charge is 2.27. The van der Waals surface area contributed by atoms with E-state index in [-0.39, 0.29) is 18.0 Å². The molecule has 1 aromatic rings. The number of hydrogen-bond donors (Lipinski definition) is 2. The maximum Gasteiger partial charge on any atom is 0.408 e. The Balaban J connectivity index is 2.60. The van der Waals surface area contributed by atoms with Crippen LogP contribution in [-0.2, 0) is 20.9 Å². The highest BCUT2D eigenvalue weighted by Crippen LogP contribution is 2.10. The minimum absolute atomic E-state index is 0.00465. The Morgan fingerprint density at radius 1 is 1.26 bits per heavy atom. The van der Waals surface area contributed by atoms with Crippen molar-refractivity contribution < 1.29 is 19.1 Å². The van der Waals surface area contributed by atoms with Gasteiger partial charge >= 0.3 is 12.1 Å². The van der Waals surface area contributed by atoms with Gasteiger partial charge in [-0.05, 0) is 26.3 Å². The van der Waals surface area contributed by atoms with Crippen LogP contribution in [0.4, 0.5) is 4.79 Å². The van der Waals surface area contributed by atoms with E-state index < -0.39 is 23.7 Å². The quantitative estimate of drug-likeness (QED) is 0.611. The number of nitrogens with one attached hydrogen (secondary N) is 1. The van der Waals surface area contributed by atoms with Crippen molar-refractivity contribution in [3.63, 3.8) is 0 Å². The molecule has 0 heterocycles. The van der Waals surface area contributed by atoms with Crippen molar-refractivity contribution in [2.75, 3.05) is 0 Å². The first kappa shape index (κ1) is 18.9. The van der Waals surface area contributed by atoms with Crippen LogP contribution in [0.25, 0.3) is 0 Å². The van der Waals surface area contributed by atoms with Crippen molar-refractivity contribution in [2.24, 2.45) is 5.73 Å². The normalized spacial score (nSPS) is 12.1. The van der Waals surface area contributed by atoms with E-state index in [1.165, 1.54) is 0 Å². The molecule has 0 aliphatic heterocycles. The molecule has 23 heavy (non-hydrogen) atoms. The van der Waals surface area contributed by atoms with E-state index >= 15 is 0 Å². The second-order valence-electron chi connectivity index (χ2n) is 5.96. The second kappa shape index (κ2) is 8.47. The molecule has 0 aromatic heterocycles. The summed E-state index contributed by atoms with van der Waals surface area (Å²) in [5.74, 6) is -0.609. The molecule has 1 amide bonds. The number of ether oxygens (including phenoxy) is 2. The summed E-state index contributed by atoms with van der Waals surface area (Å²) in [7, 11) is 0. The number of nitrogens with two attached hydrogens (primary N) is 1. The zero-order valence-electron chi connectivity index (χ0n) is 13.5. The lowest BCUT2D eigenvalue weighted by Gasteiger charge is -2.24. The Labute approximate surface area is 141 Å². The van der Waals surface area contributed by atoms with Gasteiger partial charge in [0.2, 0.25) is 0 Å². The van der Waals surface area contributed by atoms with Crippen LogP contribution >= 0.6 is 12.2 Å². The van der Waals surface area contributed by atoms with E-state index in [4.69, 9.17) is 27.4 Å². The maximum absolute atomic E-state index is 12.1. The van der Waals surface area contributed by atoms with E-state index in [9.17, 15) is 9.59 Å². The summed E-state index contributed by atoms with van der Waals surface area (Å²) < 4.78 is 10.3. The first-order valence-electron chi connectivity index (χ1n) is 7.16. The van der Waals surface area contributed by atoms with Crippen LogP contribution in [0.2, 0.25) is 0 Å². The Morgan fingerprint density at radius 3 is 2.39 bits per heavy atom. The van der Waals surface area contributed by atoms with Crippen LogP contribution in [0.15, 0.2) is 30.3 Å². The van der Waals surface area contributed by atoms with E-state index in [0.29, 0.717) is 0 Å². The fourth-order valence-electron chi connectivity index (χ4n) is 1.67. The minimum atomic E-state index is -0.977. The number of carbonyl (C=O) groups excluding carboxylic acids is 2. The van der Waals surface area contributed by atoms with Gasteiger partial charge in [0, 0.05) is 6.42 Å². The molecule has 3 N–H and O–H groups in total. The smallest absolute Gasteiger partial charge is 0.408 e. The molecule has 0 saturated heterocycles. The van der Waals surface area contributed by atoms with Crippen molar-refractivity contribution in [1.82, 2.24) is 5.32 Å². The first-order chi connectivity index (χ1) is 10.7. The van der Waals surface area contributed by atoms with Crippen LogP contribution in [-0.4, -0.2) is 28.7 Å². The Morgan fingerprint density at radius 2 is 1.87 bits per heavy atom. The first-order valence-corrected chi connectivity index (χ1v) is 7.56. The molecule has 0 aliphatic carbocycles. The summed E-state index contributed by atoms with van der Waals surface area (Å²) in [4.78, 5) is 24.1. The topological polar surface area (TPSA) is 90.6 Å². The van der Waals surface area contributed by atoms with Crippen molar-refractivity contribution in [3.05, 3.63) is 35.9 Å². The molecule has 0 radical (unpaired) electrons. The number of amides is 1. The molecule has 0 fully saturated rings. The number of esters is 1. The van der Waals surface area contributed by atoms with Crippen molar-refractivity contribution >= 4 is 29.3 Å². The van der Waals surface area contributed by atoms with Gasteiger partial charge in [0.05, 0.1) is 4.99 Å². The van der Waals surface area contributed by atoms with Gasteiger partial charge in [0.15, 0.2) is 0 Å². The van der Waals surface area contributed by atoms with E-state index in [1.807, 2.05) is 30.3 Å². The summed E-state index contributed by atoms with van der Waals surface area (Å²) in [6.45, 7) is 5.30. The van der Waals surface area contributed by atoms with Gasteiger partial charge in [0.1, 0.15) is 18.2 Å². The van der Waals surface area contributed by atoms with E-state index in [1.54, 1.807) is 20.8 Å². The number of hydrogen-bond acceptors (Lipinski definition) is 5. The van der Waals surface area contributed by atoms with Gasteiger partial charge in [-0.2, -0.15) is 0 Å². The summed E-state index contributed by atoms with van der Waals surface area (Å²) in [6.07, 6.45) is -0.731. The van der Waals surface area contributed by atoms with Gasteiger partial charge in [-0.1, -0.05) is 42.5 Å². The fraction of sp³-hybridized carbons (Fsp3) is 0.438. The van der Waals surface area contributed by atoms with Crippen LogP contribution in [0, 0.1) is 0 Å². The van der Waals surface area contributed by atoms with Crippen molar-refractivity contribution in [3.8, 4) is 0 Å². The largest absolute Gasteiger partial charge is 0.458 e. The molecule has 0 unspecified atom stereocenters. The summed E-state index contributed by atoms with van der Waals surface area (Å²) in [6, 6.07) is 8.22. The predicted octanol–water partition coefficient (Wildman–Crippen LogP) is 2.30. The zero-order valence-corrected chi connectivity index (χ0v) is 14.3. The Hall–Kier alpha value is -2.15. The number of rotatable bonds is 6. The molecule has 1 aromatic carbocycles. The van der Waals surface area contributed by atoms with Crippen molar-refractivity contribution in [1.29, 1.82) is 0 Å². The SMILES string of the molecule is CC(C)(C)OC(=O)[C@H](CC(N)=S)NC(=O)OCc1ccccc1. The third kappa shape index (κ3) is 8.15. The lowest BCUT2D eigenvalue weighted by atomic mass is 10.1. The van der Waals surface area contributed by atoms with Crippen LogP contribution in [0.5, 0.6) is 0 Å². The molecule has 0 bridgehead atoms. The molecule has 126 valence electrons. The number of benzene rings is 1. The molecule has 7 heteroatoms. The predicted molar refractivity (Wildman–Crippen MR) is 90.8 cm³/mol. The highest BCUT2D eigenvalue weighted by atomic mass is 32.1. The molecule has 0 aliphatic rings. The number of carbonyl (C=O) groups is 2. The third-order valence-corrected chi connectivity index (χ3v) is 2.77. The van der Waals surface area contributed by atoms with Gasteiger partial charge in [-0.3, -0.25) is 0 Å². The van der Waals surface area contributed by atoms with Crippen LogP contribution in [0.1, 0.15) is 32.8 Å². The molecule has 1 atom stereocenters.